The van der Waals surface area contributed by atoms with Gasteiger partial charge in [0.05, 0.1) is 6.04 Å². The molecule has 0 aliphatic carbocycles. The van der Waals surface area contributed by atoms with E-state index in [1.807, 2.05) is 24.3 Å². The van der Waals surface area contributed by atoms with E-state index in [1.54, 1.807) is 0 Å². The van der Waals surface area contributed by atoms with Gasteiger partial charge in [-0.1, -0.05) is 36.4 Å². The van der Waals surface area contributed by atoms with Crippen LogP contribution in [-0.2, 0) is 35.8 Å². The second-order valence-corrected chi connectivity index (χ2v) is 11.2. The molecule has 0 spiro atoms. The third kappa shape index (κ3) is 6.64. The van der Waals surface area contributed by atoms with Gasteiger partial charge in [0.25, 0.3) is 0 Å². The summed E-state index contributed by atoms with van der Waals surface area (Å²) in [6.45, 7) is 3.80. The molecule has 7 nitrogen and oxygen atoms in total. The number of carbonyl (C=O) groups is 2. The number of hydrogen-bond donors (Lipinski definition) is 2. The molecule has 0 radical (unpaired) electrons. The summed E-state index contributed by atoms with van der Waals surface area (Å²) in [6.07, 6.45) is 1.53. The van der Waals surface area contributed by atoms with E-state index in [0.29, 0.717) is 51.1 Å². The topological polar surface area (TPSA) is 73.9 Å². The number of fused-ring (bicyclic) bond motifs is 1. The Morgan fingerprint density at radius 2 is 1.68 bits per heavy atom. The summed E-state index contributed by atoms with van der Waals surface area (Å²) < 4.78 is 34.3. The van der Waals surface area contributed by atoms with Crippen molar-refractivity contribution >= 4 is 11.8 Å². The third-order valence-corrected chi connectivity index (χ3v) is 8.25. The molecule has 41 heavy (non-hydrogen) atoms. The van der Waals surface area contributed by atoms with E-state index in [0.717, 1.165) is 35.9 Å². The molecule has 6 rings (SSSR count). The fourth-order valence-corrected chi connectivity index (χ4v) is 6.18. The molecule has 0 bridgehead atoms. The molecular weight excluding hydrogens is 526 g/mol. The van der Waals surface area contributed by atoms with Crippen molar-refractivity contribution in [1.82, 2.24) is 20.4 Å². The molecule has 2 N–H and O–H groups in total. The maximum Gasteiger partial charge on any atom is 0.243 e. The van der Waals surface area contributed by atoms with Gasteiger partial charge in [0.1, 0.15) is 23.5 Å². The molecule has 3 aromatic carbocycles. The number of amides is 2. The monoisotopic (exact) mass is 560 g/mol. The Hall–Kier alpha value is -3.66. The minimum atomic E-state index is -0.572. The zero-order valence-electron chi connectivity index (χ0n) is 22.8. The molecular formula is C32H34F2N4O3. The Morgan fingerprint density at radius 3 is 2.46 bits per heavy atom. The normalized spacial score (nSPS) is 23.3. The quantitative estimate of drug-likeness (QED) is 0.408. The zero-order chi connectivity index (χ0) is 28.3. The number of nitrogens with zero attached hydrogens (tertiary/aromatic N) is 2. The summed E-state index contributed by atoms with van der Waals surface area (Å²) in [5.41, 5.74) is 4.06. The molecule has 2 saturated heterocycles. The molecule has 3 aromatic rings. The SMILES string of the molecule is O=C1CCC(N2Cc3ccc(OC4CN(Cc5cc(F)cc(F)c5)CCC4NCc4ccccc4)cc3C2)C(=O)N1. The Labute approximate surface area is 238 Å². The summed E-state index contributed by atoms with van der Waals surface area (Å²) in [5.74, 6) is -0.825. The van der Waals surface area contributed by atoms with Crippen molar-refractivity contribution in [3.63, 3.8) is 0 Å². The van der Waals surface area contributed by atoms with Crippen LogP contribution in [0.2, 0.25) is 0 Å². The van der Waals surface area contributed by atoms with Crippen molar-refractivity contribution in [3.05, 3.63) is 101 Å². The van der Waals surface area contributed by atoms with Gasteiger partial charge in [-0.05, 0) is 59.4 Å². The van der Waals surface area contributed by atoms with Crippen LogP contribution >= 0.6 is 0 Å². The first kappa shape index (κ1) is 27.5. The highest BCUT2D eigenvalue weighted by molar-refractivity contribution is 6.00. The maximum absolute atomic E-state index is 13.8. The van der Waals surface area contributed by atoms with E-state index < -0.39 is 11.6 Å². The number of carbonyl (C=O) groups excluding carboxylic acids is 2. The lowest BCUT2D eigenvalue weighted by Gasteiger charge is -2.39. The number of rotatable bonds is 8. The van der Waals surface area contributed by atoms with E-state index in [1.165, 1.54) is 17.7 Å². The molecule has 0 saturated carbocycles. The molecule has 3 heterocycles. The minimum absolute atomic E-state index is 0.0870. The first-order chi connectivity index (χ1) is 19.9. The molecule has 3 atom stereocenters. The molecule has 9 heteroatoms. The number of hydrogen-bond acceptors (Lipinski definition) is 6. The first-order valence-corrected chi connectivity index (χ1v) is 14.2. The predicted octanol–water partition coefficient (Wildman–Crippen LogP) is 3.90. The summed E-state index contributed by atoms with van der Waals surface area (Å²) in [7, 11) is 0. The van der Waals surface area contributed by atoms with Crippen LogP contribution < -0.4 is 15.4 Å². The maximum atomic E-state index is 13.8. The van der Waals surface area contributed by atoms with Crippen molar-refractivity contribution in [2.24, 2.45) is 0 Å². The number of nitrogens with one attached hydrogen (secondary N) is 2. The molecule has 3 aliphatic rings. The number of halogens is 2. The smallest absolute Gasteiger partial charge is 0.243 e. The number of benzene rings is 3. The van der Waals surface area contributed by atoms with Crippen molar-refractivity contribution < 1.29 is 23.1 Å². The number of imide groups is 1. The van der Waals surface area contributed by atoms with Crippen molar-refractivity contribution in [2.45, 2.75) is 63.6 Å². The van der Waals surface area contributed by atoms with Crippen LogP contribution in [0.4, 0.5) is 8.78 Å². The van der Waals surface area contributed by atoms with E-state index in [2.05, 4.69) is 44.7 Å². The lowest BCUT2D eigenvalue weighted by atomic mass is 10.00. The van der Waals surface area contributed by atoms with Gasteiger partial charge < -0.3 is 10.1 Å². The van der Waals surface area contributed by atoms with Gasteiger partial charge in [0, 0.05) is 57.8 Å². The standard InChI is InChI=1S/C32H34F2N4O3/c33-25-12-22(13-26(34)15-25)17-37-11-10-28(35-16-21-4-2-1-3-5-21)30(20-37)41-27-7-6-23-18-38(19-24(23)14-27)29-8-9-31(39)36-32(29)40/h1-7,12-15,28-30,35H,8-11,16-20H2,(H,36,39,40). The van der Waals surface area contributed by atoms with E-state index in [4.69, 9.17) is 4.74 Å². The van der Waals surface area contributed by atoms with Crippen LogP contribution in [0.1, 0.15) is 41.5 Å². The van der Waals surface area contributed by atoms with Crippen LogP contribution in [0.15, 0.2) is 66.7 Å². The largest absolute Gasteiger partial charge is 0.487 e. The van der Waals surface area contributed by atoms with Crippen LogP contribution in [0.5, 0.6) is 5.75 Å². The number of likely N-dealkylation sites (tertiary alicyclic amines) is 1. The van der Waals surface area contributed by atoms with Gasteiger partial charge in [-0.2, -0.15) is 0 Å². The van der Waals surface area contributed by atoms with Crippen LogP contribution in [0.25, 0.3) is 0 Å². The van der Waals surface area contributed by atoms with Gasteiger partial charge in [-0.3, -0.25) is 24.7 Å². The first-order valence-electron chi connectivity index (χ1n) is 14.2. The van der Waals surface area contributed by atoms with Crippen molar-refractivity contribution in [3.8, 4) is 5.75 Å². The third-order valence-electron chi connectivity index (χ3n) is 8.25. The molecule has 0 aromatic heterocycles. The molecule has 214 valence electrons. The highest BCUT2D eigenvalue weighted by Gasteiger charge is 2.35. The van der Waals surface area contributed by atoms with Crippen LogP contribution in [0.3, 0.4) is 0 Å². The van der Waals surface area contributed by atoms with Crippen LogP contribution in [0, 0.1) is 11.6 Å². The second-order valence-electron chi connectivity index (χ2n) is 11.2. The fraction of sp³-hybridized carbons (Fsp3) is 0.375. The number of piperidine rings is 2. The molecule has 3 aliphatic heterocycles. The lowest BCUT2D eigenvalue weighted by molar-refractivity contribution is -0.137. The van der Waals surface area contributed by atoms with Crippen molar-refractivity contribution in [1.29, 1.82) is 0 Å². The Bertz CT molecular complexity index is 1400. The summed E-state index contributed by atoms with van der Waals surface area (Å²) in [5, 5.41) is 6.13. The summed E-state index contributed by atoms with van der Waals surface area (Å²) >= 11 is 0. The fourth-order valence-electron chi connectivity index (χ4n) is 6.18. The molecule has 2 amide bonds. The minimum Gasteiger partial charge on any atom is -0.487 e. The average molecular weight is 561 g/mol. The predicted molar refractivity (Wildman–Crippen MR) is 150 cm³/mol. The van der Waals surface area contributed by atoms with E-state index in [-0.39, 0.29) is 30.0 Å². The van der Waals surface area contributed by atoms with Gasteiger partial charge in [-0.25, -0.2) is 8.78 Å². The number of ether oxygens (including phenoxy) is 1. The highest BCUT2D eigenvalue weighted by Crippen LogP contribution is 2.31. The lowest BCUT2D eigenvalue weighted by Crippen LogP contribution is -2.54. The van der Waals surface area contributed by atoms with Crippen LogP contribution in [-0.4, -0.2) is 52.9 Å². The Kier molecular flexibility index (Phi) is 8.09. The van der Waals surface area contributed by atoms with Gasteiger partial charge >= 0.3 is 0 Å². The highest BCUT2D eigenvalue weighted by atomic mass is 19.1. The van der Waals surface area contributed by atoms with E-state index in [9.17, 15) is 18.4 Å². The van der Waals surface area contributed by atoms with E-state index >= 15 is 0 Å². The zero-order valence-corrected chi connectivity index (χ0v) is 22.8. The Balaban J connectivity index is 1.15. The van der Waals surface area contributed by atoms with Gasteiger partial charge in [-0.15, -0.1) is 0 Å². The Morgan fingerprint density at radius 1 is 0.902 bits per heavy atom. The van der Waals surface area contributed by atoms with Gasteiger partial charge in [0.15, 0.2) is 0 Å². The summed E-state index contributed by atoms with van der Waals surface area (Å²) in [6, 6.07) is 19.7. The summed E-state index contributed by atoms with van der Waals surface area (Å²) in [4.78, 5) is 28.3. The average Bonchev–Trinajstić information content (AvgIpc) is 3.36. The second kappa shape index (κ2) is 12.1. The molecule has 2 fully saturated rings. The molecule has 3 unspecified atom stereocenters. The van der Waals surface area contributed by atoms with Gasteiger partial charge in [0.2, 0.25) is 11.8 Å². The van der Waals surface area contributed by atoms with Crippen molar-refractivity contribution in [2.75, 3.05) is 13.1 Å².